The van der Waals surface area contributed by atoms with Gasteiger partial charge in [-0.15, -0.1) is 0 Å². The summed E-state index contributed by atoms with van der Waals surface area (Å²) in [6.45, 7) is 6.51. The third-order valence-corrected chi connectivity index (χ3v) is 6.59. The van der Waals surface area contributed by atoms with Gasteiger partial charge >= 0.3 is 0 Å². The molecule has 2 aliphatic heterocycles. The third-order valence-electron chi connectivity index (χ3n) is 6.34. The lowest BCUT2D eigenvalue weighted by Crippen LogP contribution is -2.38. The van der Waals surface area contributed by atoms with Crippen LogP contribution in [0.2, 0.25) is 5.02 Å². The second-order valence-electron chi connectivity index (χ2n) is 8.40. The predicted molar refractivity (Wildman–Crippen MR) is 128 cm³/mol. The van der Waals surface area contributed by atoms with Crippen LogP contribution in [0.25, 0.3) is 5.76 Å². The van der Waals surface area contributed by atoms with Gasteiger partial charge in [-0.25, -0.2) is 0 Å². The van der Waals surface area contributed by atoms with Crippen molar-refractivity contribution in [2.75, 3.05) is 39.4 Å². The lowest BCUT2D eigenvalue weighted by atomic mass is 9.94. The van der Waals surface area contributed by atoms with Crippen molar-refractivity contribution in [2.45, 2.75) is 25.8 Å². The van der Waals surface area contributed by atoms with Gasteiger partial charge in [0.05, 0.1) is 24.8 Å². The number of benzene rings is 2. The molecule has 0 bridgehead atoms. The van der Waals surface area contributed by atoms with E-state index in [0.717, 1.165) is 51.3 Å². The molecular formula is C26H29ClN2O4. The minimum absolute atomic E-state index is 0.123. The molecule has 1 amide bonds. The Morgan fingerprint density at radius 1 is 1.03 bits per heavy atom. The zero-order valence-electron chi connectivity index (χ0n) is 18.8. The number of hydrogen-bond acceptors (Lipinski definition) is 5. The summed E-state index contributed by atoms with van der Waals surface area (Å²) < 4.78 is 5.40. The van der Waals surface area contributed by atoms with Crippen molar-refractivity contribution in [3.05, 3.63) is 75.8 Å². The number of rotatable bonds is 7. The van der Waals surface area contributed by atoms with Gasteiger partial charge in [0.1, 0.15) is 5.76 Å². The first-order valence-electron chi connectivity index (χ1n) is 11.4. The molecule has 1 N–H and O–H groups in total. The highest BCUT2D eigenvalue weighted by Gasteiger charge is 2.45. The number of Topliss-reactive ketones (excluding diaryl/α,β-unsaturated/α-hetero) is 1. The first kappa shape index (κ1) is 23.5. The van der Waals surface area contributed by atoms with Gasteiger partial charge in [-0.1, -0.05) is 42.8 Å². The maximum absolute atomic E-state index is 13.1. The second-order valence-corrected chi connectivity index (χ2v) is 8.84. The van der Waals surface area contributed by atoms with E-state index in [1.165, 1.54) is 5.56 Å². The maximum Gasteiger partial charge on any atom is 0.295 e. The first-order valence-corrected chi connectivity index (χ1v) is 11.8. The monoisotopic (exact) mass is 468 g/mol. The Morgan fingerprint density at radius 2 is 1.70 bits per heavy atom. The molecule has 2 aliphatic rings. The van der Waals surface area contributed by atoms with Crippen molar-refractivity contribution < 1.29 is 19.4 Å². The number of likely N-dealkylation sites (tertiary alicyclic amines) is 1. The fourth-order valence-electron chi connectivity index (χ4n) is 4.45. The van der Waals surface area contributed by atoms with Gasteiger partial charge in [-0.05, 0) is 48.2 Å². The van der Waals surface area contributed by atoms with E-state index in [0.29, 0.717) is 17.1 Å². The molecule has 4 rings (SSSR count). The summed E-state index contributed by atoms with van der Waals surface area (Å²) in [5, 5.41) is 11.6. The molecule has 0 radical (unpaired) electrons. The van der Waals surface area contributed by atoms with Crippen LogP contribution in [0.4, 0.5) is 0 Å². The fraction of sp³-hybridized carbons (Fsp3) is 0.385. The summed E-state index contributed by atoms with van der Waals surface area (Å²) in [5.74, 6) is -1.40. The summed E-state index contributed by atoms with van der Waals surface area (Å²) >= 11 is 5.99. The van der Waals surface area contributed by atoms with Crippen LogP contribution in [-0.2, 0) is 20.7 Å². The molecule has 0 saturated carbocycles. The number of ether oxygens (including phenoxy) is 1. The number of morpholine rings is 1. The Morgan fingerprint density at radius 3 is 2.33 bits per heavy atom. The standard InChI is InChI=1S/C26H29ClN2O4/c1-2-18-4-6-19(7-5-18)23-22(24(30)20-8-10-21(27)11-9-20)25(31)26(32)29(23)13-3-12-28-14-16-33-17-15-28/h4-11,23,30H,2-3,12-17H2,1H3/b24-22+. The molecule has 2 aromatic carbocycles. The number of ketones is 1. The van der Waals surface area contributed by atoms with Gasteiger partial charge in [0.25, 0.3) is 11.7 Å². The number of carbonyl (C=O) groups is 2. The number of amides is 1. The van der Waals surface area contributed by atoms with Gasteiger partial charge in [-0.2, -0.15) is 0 Å². The van der Waals surface area contributed by atoms with Crippen molar-refractivity contribution in [3.8, 4) is 0 Å². The first-order chi connectivity index (χ1) is 16.0. The minimum atomic E-state index is -0.654. The average molecular weight is 469 g/mol. The van der Waals surface area contributed by atoms with Crippen LogP contribution >= 0.6 is 11.6 Å². The van der Waals surface area contributed by atoms with Crippen molar-refractivity contribution in [3.63, 3.8) is 0 Å². The summed E-state index contributed by atoms with van der Waals surface area (Å²) in [4.78, 5) is 30.1. The molecule has 0 aromatic heterocycles. The number of aliphatic hydroxyl groups excluding tert-OH is 1. The van der Waals surface area contributed by atoms with Gasteiger partial charge in [-0.3, -0.25) is 14.5 Å². The Bertz CT molecular complexity index is 1030. The van der Waals surface area contributed by atoms with Crippen molar-refractivity contribution in [1.82, 2.24) is 9.80 Å². The molecule has 1 unspecified atom stereocenters. The molecule has 0 spiro atoms. The SMILES string of the molecule is CCc1ccc(C2/C(=C(\O)c3ccc(Cl)cc3)C(=O)C(=O)N2CCCN2CCOCC2)cc1. The van der Waals surface area contributed by atoms with Crippen LogP contribution in [0, 0.1) is 0 Å². The lowest BCUT2D eigenvalue weighted by molar-refractivity contribution is -0.140. The van der Waals surface area contributed by atoms with Crippen LogP contribution in [0.15, 0.2) is 54.1 Å². The Balaban J connectivity index is 1.66. The highest BCUT2D eigenvalue weighted by molar-refractivity contribution is 6.46. The van der Waals surface area contributed by atoms with Gasteiger partial charge in [0.2, 0.25) is 0 Å². The van der Waals surface area contributed by atoms with E-state index in [1.54, 1.807) is 29.2 Å². The van der Waals surface area contributed by atoms with E-state index in [1.807, 2.05) is 24.3 Å². The van der Waals surface area contributed by atoms with Crippen molar-refractivity contribution >= 4 is 29.1 Å². The maximum atomic E-state index is 13.1. The van der Waals surface area contributed by atoms with E-state index < -0.39 is 17.7 Å². The highest BCUT2D eigenvalue weighted by atomic mass is 35.5. The largest absolute Gasteiger partial charge is 0.507 e. The van der Waals surface area contributed by atoms with Gasteiger partial charge in [0.15, 0.2) is 0 Å². The summed E-state index contributed by atoms with van der Waals surface area (Å²) in [6.07, 6.45) is 1.63. The molecule has 0 aliphatic carbocycles. The Hall–Kier alpha value is -2.67. The van der Waals surface area contributed by atoms with Crippen molar-refractivity contribution in [1.29, 1.82) is 0 Å². The number of halogens is 1. The second kappa shape index (κ2) is 10.5. The summed E-state index contributed by atoms with van der Waals surface area (Å²) in [7, 11) is 0. The number of aryl methyl sites for hydroxylation is 1. The Labute approximate surface area is 199 Å². The van der Waals surface area contributed by atoms with Gasteiger partial charge < -0.3 is 14.7 Å². The molecule has 7 heteroatoms. The number of hydrogen-bond donors (Lipinski definition) is 1. The topological polar surface area (TPSA) is 70.1 Å². The molecular weight excluding hydrogens is 440 g/mol. The molecule has 6 nitrogen and oxygen atoms in total. The number of carbonyl (C=O) groups excluding carboxylic acids is 2. The van der Waals surface area contributed by atoms with E-state index in [2.05, 4.69) is 11.8 Å². The molecule has 2 saturated heterocycles. The average Bonchev–Trinajstić information content (AvgIpc) is 3.10. The smallest absolute Gasteiger partial charge is 0.295 e. The van der Waals surface area contributed by atoms with Gasteiger partial charge in [0, 0.05) is 36.8 Å². The van der Waals surface area contributed by atoms with Crippen molar-refractivity contribution in [2.24, 2.45) is 0 Å². The quantitative estimate of drug-likeness (QED) is 0.377. The zero-order valence-corrected chi connectivity index (χ0v) is 19.6. The third kappa shape index (κ3) is 5.13. The number of nitrogens with zero attached hydrogens (tertiary/aromatic N) is 2. The predicted octanol–water partition coefficient (Wildman–Crippen LogP) is 4.05. The van der Waals surface area contributed by atoms with E-state index in [9.17, 15) is 14.7 Å². The molecule has 1 atom stereocenters. The molecule has 174 valence electrons. The van der Waals surface area contributed by atoms with E-state index in [-0.39, 0.29) is 11.3 Å². The number of aliphatic hydroxyl groups is 1. The molecule has 2 fully saturated rings. The fourth-order valence-corrected chi connectivity index (χ4v) is 4.57. The molecule has 33 heavy (non-hydrogen) atoms. The molecule has 2 heterocycles. The summed E-state index contributed by atoms with van der Waals surface area (Å²) in [6, 6.07) is 13.9. The van der Waals surface area contributed by atoms with Crippen LogP contribution < -0.4 is 0 Å². The highest BCUT2D eigenvalue weighted by Crippen LogP contribution is 2.39. The van der Waals surface area contributed by atoms with Crippen LogP contribution in [0.3, 0.4) is 0 Å². The molecule has 2 aromatic rings. The van der Waals surface area contributed by atoms with E-state index >= 15 is 0 Å². The zero-order chi connectivity index (χ0) is 23.4. The Kier molecular flexibility index (Phi) is 7.48. The van der Waals surface area contributed by atoms with Crippen LogP contribution in [0.5, 0.6) is 0 Å². The minimum Gasteiger partial charge on any atom is -0.507 e. The lowest BCUT2D eigenvalue weighted by Gasteiger charge is -2.29. The van der Waals surface area contributed by atoms with E-state index in [4.69, 9.17) is 16.3 Å². The normalized spacial score (nSPS) is 21.0. The summed E-state index contributed by atoms with van der Waals surface area (Å²) in [5.41, 5.74) is 2.56. The van der Waals surface area contributed by atoms with Crippen LogP contribution in [0.1, 0.15) is 36.1 Å². The van der Waals surface area contributed by atoms with Crippen LogP contribution in [-0.4, -0.2) is 66.0 Å².